The number of aromatic nitrogens is 12. The smallest absolute Gasteiger partial charge is 0.0658 e. The van der Waals surface area contributed by atoms with Crippen molar-refractivity contribution in [3.63, 3.8) is 0 Å². The van der Waals surface area contributed by atoms with E-state index < -0.39 is 0 Å². The largest absolute Gasteiger partial charge is 0.355 e. The molecule has 6 aliphatic heterocycles. The van der Waals surface area contributed by atoms with Gasteiger partial charge in [0.1, 0.15) is 0 Å². The minimum Gasteiger partial charge on any atom is -0.355 e. The van der Waals surface area contributed by atoms with Gasteiger partial charge in [-0.1, -0.05) is 0 Å². The molecule has 0 unspecified atom stereocenters. The maximum absolute atomic E-state index is 4.63. The second kappa shape index (κ2) is 21.4. The molecule has 0 fully saturated rings. The van der Waals surface area contributed by atoms with E-state index in [9.17, 15) is 0 Å². The third kappa shape index (κ3) is 11.8. The van der Waals surface area contributed by atoms with Crippen LogP contribution < -0.4 is 0 Å². The summed E-state index contributed by atoms with van der Waals surface area (Å²) in [6.07, 6.45) is 24.3. The molecule has 15 heteroatoms. The number of nitrogens with one attached hydrogen (secondary N) is 6. The van der Waals surface area contributed by atoms with Crippen molar-refractivity contribution < 1.29 is 0 Å². The normalized spacial score (nSPS) is 12.2. The lowest BCUT2D eigenvalue weighted by molar-refractivity contribution is 1.31. The lowest BCUT2D eigenvalue weighted by Crippen LogP contribution is -1.75. The van der Waals surface area contributed by atoms with E-state index in [1.807, 2.05) is 146 Å². The fourth-order valence-electron chi connectivity index (χ4n) is 8.83. The fraction of sp³-hybridized carbons (Fsp3) is 0. The van der Waals surface area contributed by atoms with Crippen molar-refractivity contribution in [2.75, 3.05) is 0 Å². The van der Waals surface area contributed by atoms with Crippen molar-refractivity contribution in [2.45, 2.75) is 0 Å². The van der Waals surface area contributed by atoms with E-state index in [-0.39, 0.29) is 37.2 Å². The summed E-state index contributed by atoms with van der Waals surface area (Å²) in [7, 11) is 0. The van der Waals surface area contributed by atoms with Crippen LogP contribution in [0.3, 0.4) is 0 Å². The van der Waals surface area contributed by atoms with E-state index in [1.54, 1.807) is 0 Å². The number of rotatable bonds is 0. The molecule has 24 bridgehead atoms. The molecule has 9 aromatic rings. The topological polar surface area (TPSA) is 172 Å². The molecule has 0 atom stereocenters. The summed E-state index contributed by atoms with van der Waals surface area (Å²) >= 11 is 0. The molecule has 15 heterocycles. The first-order valence-electron chi connectivity index (χ1n) is 23.5. The van der Waals surface area contributed by atoms with E-state index in [4.69, 9.17) is 0 Å². The monoisotopic (exact) mass is 1040 g/mol. The van der Waals surface area contributed by atoms with Gasteiger partial charge in [-0.05, 0) is 219 Å². The van der Waals surface area contributed by atoms with Gasteiger partial charge in [0.2, 0.25) is 0 Å². The Hall–Kier alpha value is -9.33. The fourth-order valence-corrected chi connectivity index (χ4v) is 8.83. The highest BCUT2D eigenvalue weighted by molar-refractivity contribution is 5.86. The number of hydrogen-bond acceptors (Lipinski definition) is 6. The van der Waals surface area contributed by atoms with Crippen molar-refractivity contribution in [2.24, 2.45) is 0 Å². The molecule has 15 rings (SSSR count). The highest BCUT2D eigenvalue weighted by atomic mass is 35.5. The SMILES string of the molecule is C1=Cc2cc3ccc(cc4nc(cc5ccc(cc1n2)[nH]5)C=C4)[nH]3.C1=Cc2cc3ccc(cc4nc(cc5ccc(cc1n2)[nH]5)C=C4)[nH]3.C1=Cc2cc3ccc(cc4nc(cc5ccc(cc1n2)[nH]5)C=C4)[nH]3.Cl.Cl.Cl. The Morgan fingerprint density at radius 1 is 0.160 bits per heavy atom. The second-order valence-corrected chi connectivity index (χ2v) is 17.7. The summed E-state index contributed by atoms with van der Waals surface area (Å²) in [6.45, 7) is 0. The maximum atomic E-state index is 4.63. The molecule has 0 radical (unpaired) electrons. The number of hydrogen-bond donors (Lipinski definition) is 6. The van der Waals surface area contributed by atoms with Crippen LogP contribution in [-0.4, -0.2) is 59.8 Å². The van der Waals surface area contributed by atoms with Crippen LogP contribution >= 0.6 is 37.2 Å². The van der Waals surface area contributed by atoms with Gasteiger partial charge < -0.3 is 29.9 Å². The minimum atomic E-state index is 0. The average Bonchev–Trinajstić information content (AvgIpc) is 4.18. The lowest BCUT2D eigenvalue weighted by atomic mass is 10.3. The summed E-state index contributed by atoms with van der Waals surface area (Å²) in [4.78, 5) is 48.1. The molecule has 12 nitrogen and oxygen atoms in total. The number of halogens is 3. The summed E-state index contributed by atoms with van der Waals surface area (Å²) in [5.41, 5.74) is 23.6. The second-order valence-electron chi connectivity index (χ2n) is 17.7. The molecular formula is C60H45Cl3N12. The summed E-state index contributed by atoms with van der Waals surface area (Å²) in [5.74, 6) is 0. The number of nitrogens with zero attached hydrogens (tertiary/aromatic N) is 6. The van der Waals surface area contributed by atoms with Crippen LogP contribution in [0.4, 0.5) is 0 Å². The van der Waals surface area contributed by atoms with Gasteiger partial charge in [0.25, 0.3) is 0 Å². The Kier molecular flexibility index (Phi) is 14.1. The van der Waals surface area contributed by atoms with Gasteiger partial charge in [-0.15, -0.1) is 37.2 Å². The van der Waals surface area contributed by atoms with Gasteiger partial charge in [0.05, 0.1) is 68.3 Å². The lowest BCUT2D eigenvalue weighted by Gasteiger charge is -1.85. The zero-order valence-corrected chi connectivity index (χ0v) is 42.1. The Morgan fingerprint density at radius 3 is 0.347 bits per heavy atom. The molecule has 0 aliphatic carbocycles. The predicted octanol–water partition coefficient (Wildman–Crippen LogP) is 15.2. The molecule has 6 aliphatic rings. The van der Waals surface area contributed by atoms with Gasteiger partial charge in [-0.2, -0.15) is 0 Å². The van der Waals surface area contributed by atoms with E-state index in [1.165, 1.54) is 0 Å². The molecule has 0 saturated heterocycles. The van der Waals surface area contributed by atoms with E-state index >= 15 is 0 Å². The Labute approximate surface area is 447 Å². The van der Waals surface area contributed by atoms with E-state index in [0.717, 1.165) is 135 Å². The Bertz CT molecular complexity index is 3410. The van der Waals surface area contributed by atoms with Crippen LogP contribution in [0.25, 0.3) is 139 Å². The van der Waals surface area contributed by atoms with Gasteiger partial charge in [0, 0.05) is 66.2 Å². The highest BCUT2D eigenvalue weighted by Gasteiger charge is 2.05. The van der Waals surface area contributed by atoms with Crippen molar-refractivity contribution in [1.29, 1.82) is 0 Å². The van der Waals surface area contributed by atoms with E-state index in [2.05, 4.69) is 133 Å². The van der Waals surface area contributed by atoms with Gasteiger partial charge in [-0.25, -0.2) is 29.9 Å². The number of H-pyrrole nitrogens is 6. The molecule has 0 saturated carbocycles. The van der Waals surface area contributed by atoms with Crippen molar-refractivity contribution in [3.8, 4) is 0 Å². The van der Waals surface area contributed by atoms with Crippen LogP contribution in [0.2, 0.25) is 0 Å². The van der Waals surface area contributed by atoms with E-state index in [0.29, 0.717) is 0 Å². The molecule has 366 valence electrons. The van der Waals surface area contributed by atoms with Crippen LogP contribution in [-0.2, 0) is 0 Å². The summed E-state index contributed by atoms with van der Waals surface area (Å²) in [5, 5.41) is 0. The van der Waals surface area contributed by atoms with Crippen LogP contribution in [0.15, 0.2) is 146 Å². The van der Waals surface area contributed by atoms with Crippen LogP contribution in [0, 0.1) is 0 Å². The Balaban J connectivity index is 0.000000126. The number of aromatic amines is 6. The molecule has 9 aromatic heterocycles. The molecule has 0 aromatic carbocycles. The molecule has 75 heavy (non-hydrogen) atoms. The predicted molar refractivity (Wildman–Crippen MR) is 318 cm³/mol. The van der Waals surface area contributed by atoms with Crippen molar-refractivity contribution in [1.82, 2.24) is 59.8 Å². The zero-order chi connectivity index (χ0) is 47.8. The van der Waals surface area contributed by atoms with Crippen LogP contribution in [0.1, 0.15) is 68.3 Å². The maximum Gasteiger partial charge on any atom is 0.0658 e. The molecule has 0 spiro atoms. The highest BCUT2D eigenvalue weighted by Crippen LogP contribution is 2.21. The zero-order valence-electron chi connectivity index (χ0n) is 39.7. The van der Waals surface area contributed by atoms with Gasteiger partial charge in [-0.3, -0.25) is 0 Å². The quantitative estimate of drug-likeness (QED) is 0.0882. The van der Waals surface area contributed by atoms with Crippen molar-refractivity contribution >= 4 is 176 Å². The third-order valence-electron chi connectivity index (χ3n) is 12.1. The first-order valence-corrected chi connectivity index (χ1v) is 23.5. The molecule has 6 N–H and O–H groups in total. The summed E-state index contributed by atoms with van der Waals surface area (Å²) in [6, 6.07) is 49.1. The summed E-state index contributed by atoms with van der Waals surface area (Å²) < 4.78 is 0. The minimum absolute atomic E-state index is 0. The first kappa shape index (κ1) is 49.3. The third-order valence-corrected chi connectivity index (χ3v) is 12.1. The van der Waals surface area contributed by atoms with Gasteiger partial charge >= 0.3 is 0 Å². The Morgan fingerprint density at radius 2 is 0.253 bits per heavy atom. The van der Waals surface area contributed by atoms with Crippen molar-refractivity contribution in [3.05, 3.63) is 214 Å². The van der Waals surface area contributed by atoms with Crippen LogP contribution in [0.5, 0.6) is 0 Å². The first-order chi connectivity index (χ1) is 35.4. The number of fused-ring (bicyclic) bond motifs is 24. The average molecular weight is 1040 g/mol. The molecule has 0 amide bonds. The standard InChI is InChI=1S/3C20H14N4.3ClH/c3*1-2-14-10-16-5-6-18(23-16)12-20-8-7-19(24-20)11-17-4-3-15(22-17)9-13(1)21-14;;;/h3*1-12,21,24H;3*1H. The van der Waals surface area contributed by atoms with Gasteiger partial charge in [0.15, 0.2) is 0 Å². The molecular weight excluding hydrogens is 995 g/mol.